The molecule has 3 N–H and O–H groups in total. The average Bonchev–Trinajstić information content (AvgIpc) is 2.58. The predicted octanol–water partition coefficient (Wildman–Crippen LogP) is 3.89. The minimum atomic E-state index is -4.49. The SMILES string of the molecule is C/C(=N\NC(N)=S)c1ccc(OCc2ncc(C(F)(F)F)cc2Cl)cc1. The van der Waals surface area contributed by atoms with Gasteiger partial charge < -0.3 is 10.5 Å². The van der Waals surface area contributed by atoms with E-state index in [1.807, 2.05) is 0 Å². The standard InChI is InChI=1S/C16H14ClF3N4OS/c1-9(23-24-15(21)26)10-2-4-12(5-3-10)25-8-14-13(17)6-11(7-22-14)16(18,19)20/h2-7H,8H2,1H3,(H3,21,24,26)/b23-9+. The molecular formula is C16H14ClF3N4OS. The third-order valence-corrected chi connectivity index (χ3v) is 3.64. The molecule has 5 nitrogen and oxygen atoms in total. The molecule has 0 amide bonds. The molecule has 0 saturated carbocycles. The zero-order valence-electron chi connectivity index (χ0n) is 13.5. The zero-order chi connectivity index (χ0) is 19.3. The fourth-order valence-corrected chi connectivity index (χ4v) is 2.14. The van der Waals surface area contributed by atoms with Crippen LogP contribution in [0.4, 0.5) is 13.2 Å². The van der Waals surface area contributed by atoms with E-state index in [4.69, 9.17) is 22.1 Å². The van der Waals surface area contributed by atoms with Crippen LogP contribution in [0.1, 0.15) is 23.7 Å². The molecular weight excluding hydrogens is 389 g/mol. The highest BCUT2D eigenvalue weighted by Gasteiger charge is 2.31. The normalized spacial score (nSPS) is 12.0. The number of hydrogen-bond donors (Lipinski definition) is 2. The van der Waals surface area contributed by atoms with Crippen LogP contribution in [-0.2, 0) is 12.8 Å². The van der Waals surface area contributed by atoms with Crippen molar-refractivity contribution < 1.29 is 17.9 Å². The van der Waals surface area contributed by atoms with Gasteiger partial charge in [0.15, 0.2) is 5.11 Å². The van der Waals surface area contributed by atoms with E-state index in [2.05, 4.69) is 27.7 Å². The van der Waals surface area contributed by atoms with Crippen LogP contribution in [0.15, 0.2) is 41.6 Å². The first kappa shape index (κ1) is 19.9. The van der Waals surface area contributed by atoms with Crippen molar-refractivity contribution in [1.29, 1.82) is 0 Å². The minimum Gasteiger partial charge on any atom is -0.487 e. The molecule has 2 rings (SSSR count). The van der Waals surface area contributed by atoms with Gasteiger partial charge in [0.05, 0.1) is 22.0 Å². The number of thiocarbonyl (C=S) groups is 1. The summed E-state index contributed by atoms with van der Waals surface area (Å²) in [6.07, 6.45) is -3.77. The third kappa shape index (κ3) is 5.57. The number of aromatic nitrogens is 1. The van der Waals surface area contributed by atoms with Crippen molar-refractivity contribution >= 4 is 34.6 Å². The first-order valence-corrected chi connectivity index (χ1v) is 8.00. The number of pyridine rings is 1. The van der Waals surface area contributed by atoms with Gasteiger partial charge >= 0.3 is 6.18 Å². The lowest BCUT2D eigenvalue weighted by molar-refractivity contribution is -0.137. The van der Waals surface area contributed by atoms with Crippen LogP contribution in [-0.4, -0.2) is 15.8 Å². The molecule has 0 saturated heterocycles. The van der Waals surface area contributed by atoms with Gasteiger partial charge in [0.2, 0.25) is 0 Å². The van der Waals surface area contributed by atoms with Crippen molar-refractivity contribution in [3.63, 3.8) is 0 Å². The Bertz CT molecular complexity index is 825. The lowest BCUT2D eigenvalue weighted by Crippen LogP contribution is -2.25. The summed E-state index contributed by atoms with van der Waals surface area (Å²) in [6.45, 7) is 1.71. The second-order valence-electron chi connectivity index (χ2n) is 5.14. The van der Waals surface area contributed by atoms with Gasteiger partial charge in [0.1, 0.15) is 12.4 Å². The molecule has 138 valence electrons. The van der Waals surface area contributed by atoms with Crippen LogP contribution < -0.4 is 15.9 Å². The van der Waals surface area contributed by atoms with Crippen molar-refractivity contribution in [2.24, 2.45) is 10.8 Å². The summed E-state index contributed by atoms with van der Waals surface area (Å²) >= 11 is 10.5. The van der Waals surface area contributed by atoms with E-state index < -0.39 is 11.7 Å². The first-order chi connectivity index (χ1) is 12.2. The molecule has 1 heterocycles. The second kappa shape index (κ2) is 8.33. The Labute approximate surface area is 158 Å². The van der Waals surface area contributed by atoms with E-state index in [-0.39, 0.29) is 22.4 Å². The van der Waals surface area contributed by atoms with E-state index in [0.717, 1.165) is 17.8 Å². The lowest BCUT2D eigenvalue weighted by Gasteiger charge is -2.10. The zero-order valence-corrected chi connectivity index (χ0v) is 15.0. The number of nitrogens with zero attached hydrogens (tertiary/aromatic N) is 2. The maximum Gasteiger partial charge on any atom is 0.417 e. The van der Waals surface area contributed by atoms with Gasteiger partial charge in [0, 0.05) is 6.20 Å². The molecule has 1 aromatic carbocycles. The monoisotopic (exact) mass is 402 g/mol. The van der Waals surface area contributed by atoms with Gasteiger partial charge in [0.25, 0.3) is 0 Å². The highest BCUT2D eigenvalue weighted by molar-refractivity contribution is 7.80. The number of halogens is 4. The van der Waals surface area contributed by atoms with Crippen LogP contribution >= 0.6 is 23.8 Å². The van der Waals surface area contributed by atoms with E-state index in [1.165, 1.54) is 0 Å². The van der Waals surface area contributed by atoms with Gasteiger partial charge in [-0.15, -0.1) is 0 Å². The summed E-state index contributed by atoms with van der Waals surface area (Å²) in [7, 11) is 0. The molecule has 0 aliphatic carbocycles. The van der Waals surface area contributed by atoms with Crippen LogP contribution in [0.3, 0.4) is 0 Å². The molecule has 0 fully saturated rings. The fraction of sp³-hybridized carbons (Fsp3) is 0.188. The van der Waals surface area contributed by atoms with Crippen molar-refractivity contribution in [2.75, 3.05) is 0 Å². The van der Waals surface area contributed by atoms with Crippen LogP contribution in [0.2, 0.25) is 5.02 Å². The summed E-state index contributed by atoms with van der Waals surface area (Å²) in [5.74, 6) is 0.501. The van der Waals surface area contributed by atoms with Crippen molar-refractivity contribution in [2.45, 2.75) is 19.7 Å². The van der Waals surface area contributed by atoms with Crippen LogP contribution in [0.25, 0.3) is 0 Å². The van der Waals surface area contributed by atoms with Gasteiger partial charge in [-0.1, -0.05) is 11.6 Å². The van der Waals surface area contributed by atoms with E-state index in [1.54, 1.807) is 31.2 Å². The molecule has 0 spiro atoms. The number of alkyl halides is 3. The maximum atomic E-state index is 12.6. The summed E-state index contributed by atoms with van der Waals surface area (Å²) in [5, 5.41) is 3.95. The maximum absolute atomic E-state index is 12.6. The number of benzene rings is 1. The Hall–Kier alpha value is -2.39. The largest absolute Gasteiger partial charge is 0.487 e. The lowest BCUT2D eigenvalue weighted by atomic mass is 10.1. The molecule has 0 aliphatic heterocycles. The summed E-state index contributed by atoms with van der Waals surface area (Å²) in [4.78, 5) is 3.72. The van der Waals surface area contributed by atoms with Gasteiger partial charge in [-0.2, -0.15) is 18.3 Å². The topological polar surface area (TPSA) is 72.5 Å². The number of nitrogens with one attached hydrogen (secondary N) is 1. The number of rotatable bonds is 5. The number of hydrazone groups is 1. The number of hydrogen-bond acceptors (Lipinski definition) is 4. The molecule has 0 radical (unpaired) electrons. The van der Waals surface area contributed by atoms with Crippen molar-refractivity contribution in [3.8, 4) is 5.75 Å². The van der Waals surface area contributed by atoms with Gasteiger partial charge in [-0.25, -0.2) is 0 Å². The van der Waals surface area contributed by atoms with Crippen LogP contribution in [0.5, 0.6) is 5.75 Å². The summed E-state index contributed by atoms with van der Waals surface area (Å²) in [5.41, 5.74) is 8.57. The molecule has 1 aromatic heterocycles. The Morgan fingerprint density at radius 1 is 1.35 bits per heavy atom. The van der Waals surface area contributed by atoms with Gasteiger partial charge in [-0.3, -0.25) is 10.4 Å². The van der Waals surface area contributed by atoms with E-state index >= 15 is 0 Å². The summed E-state index contributed by atoms with van der Waals surface area (Å²) < 4.78 is 43.3. The molecule has 0 atom stereocenters. The minimum absolute atomic E-state index is 0.0604. The third-order valence-electron chi connectivity index (χ3n) is 3.23. The van der Waals surface area contributed by atoms with E-state index in [0.29, 0.717) is 11.5 Å². The average molecular weight is 403 g/mol. The van der Waals surface area contributed by atoms with Gasteiger partial charge in [-0.05, 0) is 55.0 Å². The van der Waals surface area contributed by atoms with E-state index in [9.17, 15) is 13.2 Å². The summed E-state index contributed by atoms with van der Waals surface area (Å²) in [6, 6.07) is 7.72. The fourth-order valence-electron chi connectivity index (χ4n) is 1.88. The molecule has 0 bridgehead atoms. The molecule has 26 heavy (non-hydrogen) atoms. The highest BCUT2D eigenvalue weighted by atomic mass is 35.5. The second-order valence-corrected chi connectivity index (χ2v) is 5.98. The van der Waals surface area contributed by atoms with Crippen LogP contribution in [0, 0.1) is 0 Å². The number of ether oxygens (including phenoxy) is 1. The molecule has 0 aliphatic rings. The van der Waals surface area contributed by atoms with Crippen molar-refractivity contribution in [1.82, 2.24) is 10.4 Å². The van der Waals surface area contributed by atoms with Crippen molar-refractivity contribution in [3.05, 3.63) is 58.4 Å². The number of nitrogens with two attached hydrogens (primary N) is 1. The smallest absolute Gasteiger partial charge is 0.417 e. The highest BCUT2D eigenvalue weighted by Crippen LogP contribution is 2.31. The Kier molecular flexibility index (Phi) is 6.38. The Balaban J connectivity index is 2.02. The predicted molar refractivity (Wildman–Crippen MR) is 97.2 cm³/mol. The molecule has 2 aromatic rings. The Morgan fingerprint density at radius 3 is 2.54 bits per heavy atom. The first-order valence-electron chi connectivity index (χ1n) is 7.21. The molecule has 0 unspecified atom stereocenters. The molecule has 10 heteroatoms. The Morgan fingerprint density at radius 2 is 2.00 bits per heavy atom. The quantitative estimate of drug-likeness (QED) is 0.451.